The van der Waals surface area contributed by atoms with Crippen LogP contribution in [-0.2, 0) is 12.0 Å². The molecule has 1 aliphatic rings. The molecule has 1 aromatic heterocycles. The van der Waals surface area contributed by atoms with Gasteiger partial charge in [0.05, 0.1) is 16.6 Å². The van der Waals surface area contributed by atoms with Crippen LogP contribution in [0.15, 0.2) is 18.2 Å². The van der Waals surface area contributed by atoms with Crippen molar-refractivity contribution in [1.29, 1.82) is 0 Å². The van der Waals surface area contributed by atoms with E-state index < -0.39 is 5.97 Å². The van der Waals surface area contributed by atoms with Crippen LogP contribution < -0.4 is 0 Å². The second kappa shape index (κ2) is 4.62. The van der Waals surface area contributed by atoms with Gasteiger partial charge in [-0.3, -0.25) is 0 Å². The lowest BCUT2D eigenvalue weighted by Crippen LogP contribution is -2.28. The maximum atomic E-state index is 11.5. The average Bonchev–Trinajstić information content (AvgIpc) is 3.01. The molecule has 0 amide bonds. The number of benzene rings is 1. The topological polar surface area (TPSA) is 55.1 Å². The van der Waals surface area contributed by atoms with E-state index in [2.05, 4.69) is 23.4 Å². The van der Waals surface area contributed by atoms with Gasteiger partial charge in [-0.05, 0) is 31.9 Å². The zero-order chi connectivity index (χ0) is 14.3. The summed E-state index contributed by atoms with van der Waals surface area (Å²) in [5.41, 5.74) is 1.96. The minimum Gasteiger partial charge on any atom is -0.478 e. The monoisotopic (exact) mass is 272 g/mol. The van der Waals surface area contributed by atoms with Gasteiger partial charge in [-0.2, -0.15) is 0 Å². The zero-order valence-electron chi connectivity index (χ0n) is 12.0. The van der Waals surface area contributed by atoms with Crippen molar-refractivity contribution in [3.63, 3.8) is 0 Å². The van der Waals surface area contributed by atoms with Crippen molar-refractivity contribution in [2.24, 2.45) is 0 Å². The molecule has 1 aromatic carbocycles. The molecule has 0 unspecified atom stereocenters. The van der Waals surface area contributed by atoms with Gasteiger partial charge >= 0.3 is 5.97 Å². The first kappa shape index (κ1) is 13.2. The van der Waals surface area contributed by atoms with Crippen LogP contribution in [0, 0.1) is 0 Å². The van der Waals surface area contributed by atoms with Gasteiger partial charge in [-0.25, -0.2) is 9.78 Å². The van der Waals surface area contributed by atoms with E-state index in [1.165, 1.54) is 12.8 Å². The Morgan fingerprint density at radius 3 is 2.70 bits per heavy atom. The minimum atomic E-state index is -0.874. The molecule has 1 fully saturated rings. The van der Waals surface area contributed by atoms with Crippen molar-refractivity contribution < 1.29 is 9.90 Å². The van der Waals surface area contributed by atoms with Crippen LogP contribution in [-0.4, -0.2) is 20.6 Å². The van der Waals surface area contributed by atoms with Crippen molar-refractivity contribution in [1.82, 2.24) is 9.55 Å². The number of nitrogens with zero attached hydrogens (tertiary/aromatic N) is 2. The first-order chi connectivity index (χ1) is 9.57. The molecule has 3 rings (SSSR count). The first-order valence-corrected chi connectivity index (χ1v) is 7.31. The number of para-hydroxylation sites is 1. The Labute approximate surface area is 118 Å². The number of aromatic carboxylic acids is 1. The van der Waals surface area contributed by atoms with Gasteiger partial charge in [0.15, 0.2) is 0 Å². The second-order valence-corrected chi connectivity index (χ2v) is 5.90. The maximum Gasteiger partial charge on any atom is 0.337 e. The third-order valence-electron chi connectivity index (χ3n) is 4.51. The predicted molar refractivity (Wildman–Crippen MR) is 78.2 cm³/mol. The number of carboxylic acids is 1. The quantitative estimate of drug-likeness (QED) is 0.929. The van der Waals surface area contributed by atoms with E-state index in [0.29, 0.717) is 5.56 Å². The Morgan fingerprint density at radius 1 is 1.40 bits per heavy atom. The van der Waals surface area contributed by atoms with Crippen molar-refractivity contribution in [2.75, 3.05) is 0 Å². The summed E-state index contributed by atoms with van der Waals surface area (Å²) in [5.74, 6) is 0.124. The zero-order valence-corrected chi connectivity index (χ0v) is 12.0. The third kappa shape index (κ3) is 1.82. The highest BCUT2D eigenvalue weighted by molar-refractivity contribution is 6.01. The summed E-state index contributed by atoms with van der Waals surface area (Å²) < 4.78 is 2.21. The Bertz CT molecular complexity index is 666. The standard InChI is InChI=1S/C16H20N2O2/c1-3-13-17-12-8-6-7-11(15(19)20)14(12)18(13)16(2)9-4-5-10-16/h6-8H,3-5,9-10H2,1-2H3,(H,19,20). The molecule has 1 saturated carbocycles. The van der Waals surface area contributed by atoms with Gasteiger partial charge in [-0.1, -0.05) is 25.8 Å². The maximum absolute atomic E-state index is 11.5. The van der Waals surface area contributed by atoms with Gasteiger partial charge in [0.25, 0.3) is 0 Å². The van der Waals surface area contributed by atoms with Gasteiger partial charge in [0.2, 0.25) is 0 Å². The van der Waals surface area contributed by atoms with Crippen LogP contribution in [0.25, 0.3) is 11.0 Å². The number of hydrogen-bond acceptors (Lipinski definition) is 2. The van der Waals surface area contributed by atoms with Crippen molar-refractivity contribution >= 4 is 17.0 Å². The second-order valence-electron chi connectivity index (χ2n) is 5.90. The molecule has 0 spiro atoms. The van der Waals surface area contributed by atoms with Gasteiger partial charge in [-0.15, -0.1) is 0 Å². The fourth-order valence-corrected chi connectivity index (χ4v) is 3.53. The van der Waals surface area contributed by atoms with Crippen LogP contribution in [0.4, 0.5) is 0 Å². The molecule has 0 bridgehead atoms. The van der Waals surface area contributed by atoms with E-state index in [0.717, 1.165) is 36.1 Å². The number of carbonyl (C=O) groups is 1. The first-order valence-electron chi connectivity index (χ1n) is 7.31. The number of aromatic nitrogens is 2. The van der Waals surface area contributed by atoms with E-state index in [9.17, 15) is 9.90 Å². The van der Waals surface area contributed by atoms with E-state index in [4.69, 9.17) is 0 Å². The number of imidazole rings is 1. The molecule has 0 saturated heterocycles. The van der Waals surface area contributed by atoms with Crippen LogP contribution in [0.1, 0.15) is 55.7 Å². The molecule has 0 radical (unpaired) electrons. The number of rotatable bonds is 3. The molecule has 0 atom stereocenters. The summed E-state index contributed by atoms with van der Waals surface area (Å²) in [6.07, 6.45) is 5.42. The van der Waals surface area contributed by atoms with Crippen LogP contribution in [0.5, 0.6) is 0 Å². The molecule has 2 aromatic rings. The average molecular weight is 272 g/mol. The lowest BCUT2D eigenvalue weighted by molar-refractivity contribution is 0.0698. The summed E-state index contributed by atoms with van der Waals surface area (Å²) in [6, 6.07) is 5.37. The number of fused-ring (bicyclic) bond motifs is 1. The van der Waals surface area contributed by atoms with Crippen LogP contribution in [0.3, 0.4) is 0 Å². The molecule has 4 heteroatoms. The van der Waals surface area contributed by atoms with Gasteiger partial charge < -0.3 is 9.67 Å². The molecular formula is C16H20N2O2. The molecular weight excluding hydrogens is 252 g/mol. The fourth-order valence-electron chi connectivity index (χ4n) is 3.53. The molecule has 20 heavy (non-hydrogen) atoms. The summed E-state index contributed by atoms with van der Waals surface area (Å²) >= 11 is 0. The van der Waals surface area contributed by atoms with Crippen LogP contribution >= 0.6 is 0 Å². The predicted octanol–water partition coefficient (Wildman–Crippen LogP) is 3.59. The summed E-state index contributed by atoms with van der Waals surface area (Å²) in [5, 5.41) is 9.47. The van der Waals surface area contributed by atoms with E-state index >= 15 is 0 Å². The fraction of sp³-hybridized carbons (Fsp3) is 0.500. The highest BCUT2D eigenvalue weighted by Crippen LogP contribution is 2.40. The van der Waals surface area contributed by atoms with E-state index in [1.54, 1.807) is 12.1 Å². The SMILES string of the molecule is CCc1nc2cccc(C(=O)O)c2n1C1(C)CCCC1. The molecule has 1 aliphatic carbocycles. The van der Waals surface area contributed by atoms with Crippen LogP contribution in [0.2, 0.25) is 0 Å². The number of hydrogen-bond donors (Lipinski definition) is 1. The van der Waals surface area contributed by atoms with E-state index in [-0.39, 0.29) is 5.54 Å². The Morgan fingerprint density at radius 2 is 2.10 bits per heavy atom. The molecule has 106 valence electrons. The summed E-state index contributed by atoms with van der Waals surface area (Å²) in [4.78, 5) is 16.2. The van der Waals surface area contributed by atoms with Crippen molar-refractivity contribution in [3.8, 4) is 0 Å². The Hall–Kier alpha value is -1.84. The third-order valence-corrected chi connectivity index (χ3v) is 4.51. The van der Waals surface area contributed by atoms with Gasteiger partial charge in [0.1, 0.15) is 5.82 Å². The molecule has 0 aliphatic heterocycles. The number of aryl methyl sites for hydroxylation is 1. The van der Waals surface area contributed by atoms with Crippen molar-refractivity contribution in [3.05, 3.63) is 29.6 Å². The highest BCUT2D eigenvalue weighted by atomic mass is 16.4. The lowest BCUT2D eigenvalue weighted by atomic mass is 9.98. The van der Waals surface area contributed by atoms with Gasteiger partial charge in [0, 0.05) is 12.0 Å². The minimum absolute atomic E-state index is 0.00560. The Kier molecular flexibility index (Phi) is 3.04. The molecule has 4 nitrogen and oxygen atoms in total. The van der Waals surface area contributed by atoms with Crippen molar-refractivity contribution in [2.45, 2.75) is 51.5 Å². The Balaban J connectivity index is 2.35. The lowest BCUT2D eigenvalue weighted by Gasteiger charge is -2.29. The summed E-state index contributed by atoms with van der Waals surface area (Å²) in [7, 11) is 0. The highest BCUT2D eigenvalue weighted by Gasteiger charge is 2.34. The van der Waals surface area contributed by atoms with E-state index in [1.807, 2.05) is 6.07 Å². The normalized spacial score (nSPS) is 17.7. The molecule has 1 heterocycles. The number of carboxylic acid groups (broad SMARTS) is 1. The molecule has 1 N–H and O–H groups in total. The largest absolute Gasteiger partial charge is 0.478 e. The summed E-state index contributed by atoms with van der Waals surface area (Å²) in [6.45, 7) is 4.31. The smallest absolute Gasteiger partial charge is 0.337 e.